The molecule has 2 rings (SSSR count). The van der Waals surface area contributed by atoms with Crippen LogP contribution in [-0.4, -0.2) is 17.9 Å². The van der Waals surface area contributed by atoms with E-state index in [4.69, 9.17) is 4.74 Å². The molecule has 0 aliphatic heterocycles. The van der Waals surface area contributed by atoms with E-state index in [1.54, 1.807) is 0 Å². The molecule has 7 heteroatoms. The van der Waals surface area contributed by atoms with Gasteiger partial charge in [-0.15, -0.1) is 0 Å². The Kier molecular flexibility index (Phi) is 4.90. The molecule has 0 saturated carbocycles. The summed E-state index contributed by atoms with van der Waals surface area (Å²) in [7, 11) is 1.40. The van der Waals surface area contributed by atoms with Gasteiger partial charge in [0.1, 0.15) is 5.75 Å². The molecule has 0 bridgehead atoms. The molecule has 0 aliphatic rings. The van der Waals surface area contributed by atoms with Crippen LogP contribution >= 0.6 is 0 Å². The number of carbonyl (C=O) groups excluding carboxylic acids is 1. The molecule has 23 heavy (non-hydrogen) atoms. The van der Waals surface area contributed by atoms with Crippen molar-refractivity contribution in [2.24, 2.45) is 0 Å². The van der Waals surface area contributed by atoms with Gasteiger partial charge in [-0.25, -0.2) is 0 Å². The summed E-state index contributed by atoms with van der Waals surface area (Å²) < 4.78 is 6.94. The number of benzene rings is 1. The van der Waals surface area contributed by atoms with Gasteiger partial charge in [0.2, 0.25) is 6.54 Å². The topological polar surface area (TPSA) is 85.3 Å². The molecule has 0 fully saturated rings. The normalized spacial score (nSPS) is 10.2. The van der Waals surface area contributed by atoms with Crippen molar-refractivity contribution < 1.29 is 19.0 Å². The number of nitrogens with one attached hydrogen (secondary N) is 1. The predicted molar refractivity (Wildman–Crippen MR) is 84.4 cm³/mol. The number of carbonyl (C=O) groups is 1. The SMILES string of the molecule is COc1cc([N+](=O)[O-])ccc1NC(=O)C[n+]1cccc(C)c1C. The first kappa shape index (κ1) is 16.4. The maximum Gasteiger partial charge on any atom is 0.290 e. The van der Waals surface area contributed by atoms with E-state index >= 15 is 0 Å². The maximum absolute atomic E-state index is 12.2. The van der Waals surface area contributed by atoms with E-state index in [2.05, 4.69) is 5.32 Å². The lowest BCUT2D eigenvalue weighted by atomic mass is 10.2. The van der Waals surface area contributed by atoms with Gasteiger partial charge in [0.25, 0.3) is 11.6 Å². The first-order valence-corrected chi connectivity index (χ1v) is 7.00. The van der Waals surface area contributed by atoms with Crippen LogP contribution in [0, 0.1) is 24.0 Å². The molecule has 1 heterocycles. The highest BCUT2D eigenvalue weighted by atomic mass is 16.6. The average Bonchev–Trinajstić information content (AvgIpc) is 2.52. The molecule has 1 aromatic heterocycles. The highest BCUT2D eigenvalue weighted by Crippen LogP contribution is 2.28. The Bertz CT molecular complexity index is 759. The van der Waals surface area contributed by atoms with Gasteiger partial charge in [-0.3, -0.25) is 14.9 Å². The number of aryl methyl sites for hydroxylation is 1. The number of hydrogen-bond donors (Lipinski definition) is 1. The van der Waals surface area contributed by atoms with Crippen LogP contribution in [0.5, 0.6) is 5.75 Å². The lowest BCUT2D eigenvalue weighted by molar-refractivity contribution is -0.690. The van der Waals surface area contributed by atoms with Crippen LogP contribution in [0.2, 0.25) is 0 Å². The maximum atomic E-state index is 12.2. The number of ether oxygens (including phenoxy) is 1. The molecule has 0 aliphatic carbocycles. The minimum absolute atomic E-state index is 0.0937. The summed E-state index contributed by atoms with van der Waals surface area (Å²) in [4.78, 5) is 22.5. The van der Waals surface area contributed by atoms with Gasteiger partial charge in [-0.2, -0.15) is 4.57 Å². The summed E-state index contributed by atoms with van der Waals surface area (Å²) in [5.74, 6) is 0.00867. The molecular formula is C16H18N3O4+. The number of non-ortho nitro benzene ring substituents is 1. The second-order valence-electron chi connectivity index (χ2n) is 5.09. The van der Waals surface area contributed by atoms with Gasteiger partial charge in [0.05, 0.1) is 23.8 Å². The van der Waals surface area contributed by atoms with Gasteiger partial charge in [-0.05, 0) is 19.1 Å². The first-order valence-electron chi connectivity index (χ1n) is 7.00. The van der Waals surface area contributed by atoms with Crippen LogP contribution in [0.4, 0.5) is 11.4 Å². The number of pyridine rings is 1. The van der Waals surface area contributed by atoms with Crippen molar-refractivity contribution >= 4 is 17.3 Å². The fraction of sp³-hybridized carbons (Fsp3) is 0.250. The molecule has 0 radical (unpaired) electrons. The van der Waals surface area contributed by atoms with E-state index in [-0.39, 0.29) is 23.9 Å². The third-order valence-corrected chi connectivity index (χ3v) is 3.60. The summed E-state index contributed by atoms with van der Waals surface area (Å²) in [6.45, 7) is 4.06. The number of methoxy groups -OCH3 is 1. The summed E-state index contributed by atoms with van der Waals surface area (Å²) >= 11 is 0. The van der Waals surface area contributed by atoms with Gasteiger partial charge in [0.15, 0.2) is 11.9 Å². The van der Waals surface area contributed by atoms with Gasteiger partial charge in [0, 0.05) is 24.6 Å². The smallest absolute Gasteiger partial charge is 0.290 e. The Balaban J connectivity index is 2.17. The van der Waals surface area contributed by atoms with Crippen LogP contribution in [-0.2, 0) is 11.3 Å². The van der Waals surface area contributed by atoms with Crippen molar-refractivity contribution in [2.45, 2.75) is 20.4 Å². The highest BCUT2D eigenvalue weighted by Gasteiger charge is 2.17. The first-order chi connectivity index (χ1) is 10.9. The van der Waals surface area contributed by atoms with Crippen LogP contribution in [0.15, 0.2) is 36.5 Å². The number of anilines is 1. The van der Waals surface area contributed by atoms with E-state index in [0.29, 0.717) is 5.69 Å². The molecule has 0 unspecified atom stereocenters. The number of aromatic nitrogens is 1. The van der Waals surface area contributed by atoms with Gasteiger partial charge < -0.3 is 10.1 Å². The molecule has 0 atom stereocenters. The van der Waals surface area contributed by atoms with Crippen LogP contribution in [0.1, 0.15) is 11.3 Å². The van der Waals surface area contributed by atoms with Crippen molar-refractivity contribution in [2.75, 3.05) is 12.4 Å². The number of rotatable bonds is 5. The Labute approximate surface area is 133 Å². The van der Waals surface area contributed by atoms with Crippen molar-refractivity contribution in [3.8, 4) is 5.75 Å². The number of nitro groups is 1. The van der Waals surface area contributed by atoms with E-state index < -0.39 is 4.92 Å². The number of nitrogens with zero attached hydrogens (tertiary/aromatic N) is 2. The van der Waals surface area contributed by atoms with Crippen LogP contribution in [0.3, 0.4) is 0 Å². The zero-order valence-electron chi connectivity index (χ0n) is 13.2. The minimum Gasteiger partial charge on any atom is -0.494 e. The summed E-state index contributed by atoms with van der Waals surface area (Å²) in [6.07, 6.45) is 1.83. The molecule has 2 aromatic rings. The molecule has 1 N–H and O–H groups in total. The standard InChI is InChI=1S/C16H17N3O4/c1-11-5-4-8-18(12(11)2)10-16(20)17-14-7-6-13(19(21)22)9-15(14)23-3/h4-9H,10H2,1-3H3/p+1. The summed E-state index contributed by atoms with van der Waals surface area (Å²) in [5, 5.41) is 13.5. The summed E-state index contributed by atoms with van der Waals surface area (Å²) in [6, 6.07) is 7.91. The minimum atomic E-state index is -0.514. The molecule has 120 valence electrons. The molecule has 0 spiro atoms. The largest absolute Gasteiger partial charge is 0.494 e. The third kappa shape index (κ3) is 3.82. The Morgan fingerprint density at radius 2 is 2.09 bits per heavy atom. The Hall–Kier alpha value is -2.96. The van der Waals surface area contributed by atoms with E-state index in [1.807, 2.05) is 36.7 Å². The van der Waals surface area contributed by atoms with Gasteiger partial charge in [-0.1, -0.05) is 0 Å². The van der Waals surface area contributed by atoms with Crippen molar-refractivity contribution in [1.82, 2.24) is 0 Å². The monoisotopic (exact) mass is 316 g/mol. The van der Waals surface area contributed by atoms with Gasteiger partial charge >= 0.3 is 0 Å². The van der Waals surface area contributed by atoms with E-state index in [0.717, 1.165) is 11.3 Å². The lowest BCUT2D eigenvalue weighted by Gasteiger charge is -2.09. The fourth-order valence-corrected chi connectivity index (χ4v) is 2.16. The molecule has 1 aromatic carbocycles. The second-order valence-corrected chi connectivity index (χ2v) is 5.09. The zero-order chi connectivity index (χ0) is 17.0. The van der Waals surface area contributed by atoms with E-state index in [1.165, 1.54) is 25.3 Å². The fourth-order valence-electron chi connectivity index (χ4n) is 2.16. The van der Waals surface area contributed by atoms with Crippen LogP contribution in [0.25, 0.3) is 0 Å². The van der Waals surface area contributed by atoms with E-state index in [9.17, 15) is 14.9 Å². The second kappa shape index (κ2) is 6.87. The third-order valence-electron chi connectivity index (χ3n) is 3.60. The average molecular weight is 316 g/mol. The van der Waals surface area contributed by atoms with Crippen molar-refractivity contribution in [3.63, 3.8) is 0 Å². The Morgan fingerprint density at radius 1 is 1.35 bits per heavy atom. The number of nitro benzene ring substituents is 1. The molecule has 7 nitrogen and oxygen atoms in total. The van der Waals surface area contributed by atoms with Crippen molar-refractivity contribution in [1.29, 1.82) is 0 Å². The summed E-state index contributed by atoms with van der Waals surface area (Å²) in [5.41, 5.74) is 2.39. The zero-order valence-corrected chi connectivity index (χ0v) is 13.2. The molecule has 0 saturated heterocycles. The molecule has 1 amide bonds. The number of hydrogen-bond acceptors (Lipinski definition) is 4. The quantitative estimate of drug-likeness (QED) is 0.520. The predicted octanol–water partition coefficient (Wildman–Crippen LogP) is 2.15. The number of amides is 1. The Morgan fingerprint density at radius 3 is 2.74 bits per heavy atom. The lowest BCUT2D eigenvalue weighted by Crippen LogP contribution is -2.43. The highest BCUT2D eigenvalue weighted by molar-refractivity contribution is 5.91. The van der Waals surface area contributed by atoms with Crippen LogP contribution < -0.4 is 14.6 Å². The van der Waals surface area contributed by atoms with Crippen molar-refractivity contribution in [3.05, 3.63) is 57.9 Å². The molecular weight excluding hydrogens is 298 g/mol.